The van der Waals surface area contributed by atoms with Gasteiger partial charge in [0.05, 0.1) is 0 Å². The molecule has 0 saturated carbocycles. The number of rotatable bonds is 6. The third-order valence-corrected chi connectivity index (χ3v) is 2.98. The molecule has 1 aromatic rings. The van der Waals surface area contributed by atoms with Crippen molar-refractivity contribution in [1.82, 2.24) is 10.6 Å². The van der Waals surface area contributed by atoms with Crippen LogP contribution in [-0.2, 0) is 4.79 Å². The van der Waals surface area contributed by atoms with Gasteiger partial charge in [-0.1, -0.05) is 35.9 Å². The number of carboxylic acids is 1. The molecule has 3 N–H and O–H groups in total. The molecule has 0 aromatic heterocycles. The average molecular weight is 297 g/mol. The summed E-state index contributed by atoms with van der Waals surface area (Å²) in [5, 5.41) is 14.5. The van der Waals surface area contributed by atoms with Crippen molar-refractivity contribution in [2.75, 3.05) is 0 Å². The lowest BCUT2D eigenvalue weighted by Gasteiger charge is -2.18. The zero-order valence-electron chi connectivity index (χ0n) is 11.1. The van der Waals surface area contributed by atoms with Gasteiger partial charge in [-0.2, -0.15) is 0 Å². The van der Waals surface area contributed by atoms with Crippen LogP contribution in [0.5, 0.6) is 0 Å². The Hall–Kier alpha value is -2.01. The quantitative estimate of drug-likeness (QED) is 0.706. The number of amides is 2. The highest BCUT2D eigenvalue weighted by Crippen LogP contribution is 2.22. The molecule has 0 saturated heterocycles. The molecule has 0 radical (unpaired) electrons. The fourth-order valence-corrected chi connectivity index (χ4v) is 1.93. The minimum absolute atomic E-state index is 0.131. The minimum atomic E-state index is -1.19. The minimum Gasteiger partial charge on any atom is -0.479 e. The molecule has 108 valence electrons. The molecule has 0 aliphatic carbocycles. The Bertz CT molecular complexity index is 505. The number of carbonyl (C=O) groups is 2. The largest absolute Gasteiger partial charge is 0.479 e. The van der Waals surface area contributed by atoms with Crippen LogP contribution < -0.4 is 10.6 Å². The molecule has 2 atom stereocenters. The lowest BCUT2D eigenvalue weighted by Crippen LogP contribution is -2.44. The Morgan fingerprint density at radius 1 is 1.40 bits per heavy atom. The smallest absolute Gasteiger partial charge is 0.331 e. The molecule has 1 rings (SSSR count). The van der Waals surface area contributed by atoms with E-state index in [4.69, 9.17) is 11.6 Å². The van der Waals surface area contributed by atoms with Crippen LogP contribution in [-0.4, -0.2) is 23.1 Å². The van der Waals surface area contributed by atoms with Crippen LogP contribution in [0, 0.1) is 0 Å². The molecule has 5 nitrogen and oxygen atoms in total. The number of aliphatic carboxylic acids is 1. The number of hydrogen-bond acceptors (Lipinski definition) is 2. The normalized spacial score (nSPS) is 13.1. The summed E-state index contributed by atoms with van der Waals surface area (Å²) in [5.74, 6) is -1.18. The van der Waals surface area contributed by atoms with E-state index in [1.807, 2.05) is 0 Å². The predicted octanol–water partition coefficient (Wildman–Crippen LogP) is 2.73. The maximum absolute atomic E-state index is 11.8. The van der Waals surface area contributed by atoms with E-state index in [-0.39, 0.29) is 6.04 Å². The number of carbonyl (C=O) groups excluding carboxylic acids is 1. The Morgan fingerprint density at radius 2 is 2.05 bits per heavy atom. The Morgan fingerprint density at radius 3 is 2.60 bits per heavy atom. The fourth-order valence-electron chi connectivity index (χ4n) is 1.69. The lowest BCUT2D eigenvalue weighted by molar-refractivity contribution is -0.139. The number of nitrogens with one attached hydrogen (secondary N) is 2. The van der Waals surface area contributed by atoms with Gasteiger partial charge in [0.15, 0.2) is 6.04 Å². The van der Waals surface area contributed by atoms with Crippen molar-refractivity contribution in [1.29, 1.82) is 0 Å². The van der Waals surface area contributed by atoms with Gasteiger partial charge in [-0.05, 0) is 19.4 Å². The summed E-state index contributed by atoms with van der Waals surface area (Å²) < 4.78 is 0. The molecule has 2 amide bonds. The Labute approximate surface area is 122 Å². The second-order valence-electron chi connectivity index (χ2n) is 4.34. The molecule has 1 unspecified atom stereocenters. The van der Waals surface area contributed by atoms with E-state index < -0.39 is 18.0 Å². The SMILES string of the molecule is C=CCC(C)NC(=O)N[C@@H](C(=O)O)c1ccccc1Cl. The molecule has 0 bridgehead atoms. The fraction of sp³-hybridized carbons (Fsp3) is 0.286. The van der Waals surface area contributed by atoms with E-state index in [9.17, 15) is 14.7 Å². The van der Waals surface area contributed by atoms with Crippen molar-refractivity contribution >= 4 is 23.6 Å². The van der Waals surface area contributed by atoms with Crippen LogP contribution in [0.25, 0.3) is 0 Å². The van der Waals surface area contributed by atoms with Crippen LogP contribution in [0.3, 0.4) is 0 Å². The van der Waals surface area contributed by atoms with Gasteiger partial charge in [0.2, 0.25) is 0 Å². The first-order valence-corrected chi connectivity index (χ1v) is 6.48. The summed E-state index contributed by atoms with van der Waals surface area (Å²) in [7, 11) is 0. The average Bonchev–Trinajstić information content (AvgIpc) is 2.37. The number of hydrogen-bond donors (Lipinski definition) is 3. The maximum atomic E-state index is 11.8. The summed E-state index contributed by atoms with van der Waals surface area (Å²) in [6.07, 6.45) is 2.27. The van der Waals surface area contributed by atoms with E-state index in [2.05, 4.69) is 17.2 Å². The third-order valence-electron chi connectivity index (χ3n) is 2.64. The van der Waals surface area contributed by atoms with Crippen molar-refractivity contribution < 1.29 is 14.7 Å². The van der Waals surface area contributed by atoms with Gasteiger partial charge in [0, 0.05) is 16.6 Å². The van der Waals surface area contributed by atoms with Gasteiger partial charge in [0.1, 0.15) is 0 Å². The first-order chi connectivity index (χ1) is 9.45. The number of urea groups is 1. The van der Waals surface area contributed by atoms with Crippen LogP contribution in [0.15, 0.2) is 36.9 Å². The summed E-state index contributed by atoms with van der Waals surface area (Å²) in [6.45, 7) is 5.37. The van der Waals surface area contributed by atoms with Crippen LogP contribution in [0.1, 0.15) is 24.9 Å². The van der Waals surface area contributed by atoms with Crippen molar-refractivity contribution in [3.63, 3.8) is 0 Å². The van der Waals surface area contributed by atoms with Crippen LogP contribution >= 0.6 is 11.6 Å². The number of benzene rings is 1. The first-order valence-electron chi connectivity index (χ1n) is 6.10. The second-order valence-corrected chi connectivity index (χ2v) is 4.74. The second kappa shape index (κ2) is 7.55. The van der Waals surface area contributed by atoms with E-state index in [1.165, 1.54) is 0 Å². The van der Waals surface area contributed by atoms with Crippen molar-refractivity contribution in [3.05, 3.63) is 47.5 Å². The molecular weight excluding hydrogens is 280 g/mol. The molecule has 1 aromatic carbocycles. The van der Waals surface area contributed by atoms with Gasteiger partial charge in [-0.3, -0.25) is 0 Å². The third kappa shape index (κ3) is 4.59. The summed E-state index contributed by atoms with van der Waals surface area (Å²) in [4.78, 5) is 23.0. The molecule has 0 fully saturated rings. The van der Waals surface area contributed by atoms with Gasteiger partial charge in [-0.25, -0.2) is 9.59 Å². The molecule has 0 aliphatic rings. The van der Waals surface area contributed by atoms with Crippen molar-refractivity contribution in [2.45, 2.75) is 25.4 Å². The summed E-state index contributed by atoms with van der Waals surface area (Å²) in [5.41, 5.74) is 0.341. The molecule has 6 heteroatoms. The maximum Gasteiger partial charge on any atom is 0.331 e. The van der Waals surface area contributed by atoms with E-state index in [1.54, 1.807) is 37.3 Å². The zero-order valence-corrected chi connectivity index (χ0v) is 11.9. The van der Waals surface area contributed by atoms with Crippen LogP contribution in [0.2, 0.25) is 5.02 Å². The van der Waals surface area contributed by atoms with Gasteiger partial charge in [-0.15, -0.1) is 6.58 Å². The molecule has 0 aliphatic heterocycles. The molecule has 0 spiro atoms. The highest BCUT2D eigenvalue weighted by Gasteiger charge is 2.24. The van der Waals surface area contributed by atoms with Crippen LogP contribution in [0.4, 0.5) is 4.79 Å². The Kier molecular flexibility index (Phi) is 6.06. The number of halogens is 1. The standard InChI is InChI=1S/C14H17ClN2O3/c1-3-6-9(2)16-14(20)17-12(13(18)19)10-7-4-5-8-11(10)15/h3-5,7-9,12H,1,6H2,2H3,(H,18,19)(H2,16,17,20)/t9?,12-/m1/s1. The summed E-state index contributed by atoms with van der Waals surface area (Å²) >= 11 is 5.95. The van der Waals surface area contributed by atoms with Gasteiger partial charge >= 0.3 is 12.0 Å². The molecular formula is C14H17ClN2O3. The zero-order chi connectivity index (χ0) is 15.1. The predicted molar refractivity (Wildman–Crippen MR) is 77.8 cm³/mol. The topological polar surface area (TPSA) is 78.4 Å². The van der Waals surface area contributed by atoms with Crippen molar-refractivity contribution in [3.8, 4) is 0 Å². The van der Waals surface area contributed by atoms with E-state index in [0.29, 0.717) is 17.0 Å². The molecule has 20 heavy (non-hydrogen) atoms. The first kappa shape index (κ1) is 16.0. The monoisotopic (exact) mass is 296 g/mol. The van der Waals surface area contributed by atoms with E-state index >= 15 is 0 Å². The van der Waals surface area contributed by atoms with Crippen molar-refractivity contribution in [2.24, 2.45) is 0 Å². The lowest BCUT2D eigenvalue weighted by atomic mass is 10.1. The highest BCUT2D eigenvalue weighted by molar-refractivity contribution is 6.31. The number of carboxylic acid groups (broad SMARTS) is 1. The van der Waals surface area contributed by atoms with Gasteiger partial charge < -0.3 is 15.7 Å². The van der Waals surface area contributed by atoms with E-state index in [0.717, 1.165) is 0 Å². The van der Waals surface area contributed by atoms with Gasteiger partial charge in [0.25, 0.3) is 0 Å². The highest BCUT2D eigenvalue weighted by atomic mass is 35.5. The molecule has 0 heterocycles. The summed E-state index contributed by atoms with van der Waals surface area (Å²) in [6, 6.07) is 4.61. The Balaban J connectivity index is 2.79.